The molecule has 1 saturated heterocycles. The normalized spacial score (nSPS) is 18.9. The molecule has 0 aromatic heterocycles. The highest BCUT2D eigenvalue weighted by Crippen LogP contribution is 2.21. The van der Waals surface area contributed by atoms with Gasteiger partial charge in [0.1, 0.15) is 0 Å². The Kier molecular flexibility index (Phi) is 5.35. The molecule has 1 fully saturated rings. The quantitative estimate of drug-likeness (QED) is 0.923. The highest BCUT2D eigenvalue weighted by molar-refractivity contribution is 7.99. The largest absolute Gasteiger partial charge is 0.385 e. The Labute approximate surface area is 126 Å². The lowest BCUT2D eigenvalue weighted by molar-refractivity contribution is 0.0716. The zero-order chi connectivity index (χ0) is 14.5. The van der Waals surface area contributed by atoms with Crippen LogP contribution >= 0.6 is 11.8 Å². The fraction of sp³-hybridized carbons (Fsp3) is 0.562. The minimum atomic E-state index is 0.169. The number of anilines is 1. The van der Waals surface area contributed by atoms with Crippen LogP contribution in [0, 0.1) is 6.92 Å². The third kappa shape index (κ3) is 3.48. The first-order valence-electron chi connectivity index (χ1n) is 7.36. The number of amides is 1. The molecule has 1 aromatic carbocycles. The molecule has 1 atom stereocenters. The molecule has 110 valence electrons. The second-order valence-corrected chi connectivity index (χ2v) is 6.53. The Morgan fingerprint density at radius 1 is 1.50 bits per heavy atom. The maximum Gasteiger partial charge on any atom is 0.254 e. The third-order valence-corrected chi connectivity index (χ3v) is 4.86. The number of nitrogens with zero attached hydrogens (tertiary/aromatic N) is 1. The molecule has 0 spiro atoms. The molecule has 1 unspecified atom stereocenters. The molecular weight excluding hydrogens is 268 g/mol. The van der Waals surface area contributed by atoms with E-state index in [1.54, 1.807) is 0 Å². The van der Waals surface area contributed by atoms with E-state index >= 15 is 0 Å². The molecule has 1 N–H and O–H groups in total. The zero-order valence-electron chi connectivity index (χ0n) is 12.6. The molecule has 0 bridgehead atoms. The first-order chi connectivity index (χ1) is 9.63. The van der Waals surface area contributed by atoms with Crippen molar-refractivity contribution in [2.45, 2.75) is 33.2 Å². The second-order valence-electron chi connectivity index (χ2n) is 5.38. The van der Waals surface area contributed by atoms with Gasteiger partial charge in [-0.1, -0.05) is 6.92 Å². The summed E-state index contributed by atoms with van der Waals surface area (Å²) in [6.07, 6.45) is 1.10. The van der Waals surface area contributed by atoms with Gasteiger partial charge in [0.05, 0.1) is 0 Å². The first kappa shape index (κ1) is 15.2. The van der Waals surface area contributed by atoms with Crippen LogP contribution in [0.3, 0.4) is 0 Å². The molecule has 3 nitrogen and oxygen atoms in total. The third-order valence-electron chi connectivity index (χ3n) is 3.67. The van der Waals surface area contributed by atoms with Crippen LogP contribution in [0.2, 0.25) is 0 Å². The molecule has 1 amide bonds. The zero-order valence-corrected chi connectivity index (χ0v) is 13.4. The predicted molar refractivity (Wildman–Crippen MR) is 87.8 cm³/mol. The van der Waals surface area contributed by atoms with Crippen molar-refractivity contribution < 1.29 is 4.79 Å². The lowest BCUT2D eigenvalue weighted by Gasteiger charge is -2.33. The number of aryl methyl sites for hydroxylation is 1. The van der Waals surface area contributed by atoms with Gasteiger partial charge in [0.2, 0.25) is 0 Å². The highest BCUT2D eigenvalue weighted by Gasteiger charge is 2.24. The number of carbonyl (C=O) groups is 1. The van der Waals surface area contributed by atoms with Gasteiger partial charge in [-0.15, -0.1) is 0 Å². The Balaban J connectivity index is 2.12. The maximum atomic E-state index is 12.6. The molecule has 1 heterocycles. The van der Waals surface area contributed by atoms with E-state index in [2.05, 4.69) is 26.1 Å². The van der Waals surface area contributed by atoms with Crippen molar-refractivity contribution in [3.63, 3.8) is 0 Å². The van der Waals surface area contributed by atoms with Crippen LogP contribution in [0.5, 0.6) is 0 Å². The standard InChI is InChI=1S/C16H24N2OS/c1-4-7-17-15-6-5-14(10-12(15)2)16(19)18-8-9-20-11-13(18)3/h5-6,10,13,17H,4,7-9,11H2,1-3H3. The van der Waals surface area contributed by atoms with Gasteiger partial charge >= 0.3 is 0 Å². The van der Waals surface area contributed by atoms with Crippen molar-refractivity contribution in [1.29, 1.82) is 0 Å². The van der Waals surface area contributed by atoms with Crippen LogP contribution in [0.25, 0.3) is 0 Å². The summed E-state index contributed by atoms with van der Waals surface area (Å²) < 4.78 is 0. The predicted octanol–water partition coefficient (Wildman–Crippen LogP) is 3.39. The summed E-state index contributed by atoms with van der Waals surface area (Å²) in [7, 11) is 0. The van der Waals surface area contributed by atoms with Gasteiger partial charge < -0.3 is 10.2 Å². The summed E-state index contributed by atoms with van der Waals surface area (Å²) >= 11 is 1.93. The van der Waals surface area contributed by atoms with E-state index < -0.39 is 0 Å². The summed E-state index contributed by atoms with van der Waals surface area (Å²) in [5.74, 6) is 2.26. The van der Waals surface area contributed by atoms with Crippen LogP contribution in [0.1, 0.15) is 36.2 Å². The van der Waals surface area contributed by atoms with Crippen molar-refractivity contribution in [2.75, 3.05) is 29.9 Å². The van der Waals surface area contributed by atoms with Crippen LogP contribution in [0.4, 0.5) is 5.69 Å². The number of benzene rings is 1. The van der Waals surface area contributed by atoms with Crippen LogP contribution < -0.4 is 5.32 Å². The minimum absolute atomic E-state index is 0.169. The molecule has 0 radical (unpaired) electrons. The lowest BCUT2D eigenvalue weighted by atomic mass is 10.1. The summed E-state index contributed by atoms with van der Waals surface area (Å²) in [5.41, 5.74) is 3.08. The number of hydrogen-bond donors (Lipinski definition) is 1. The van der Waals surface area contributed by atoms with Crippen LogP contribution in [0.15, 0.2) is 18.2 Å². The smallest absolute Gasteiger partial charge is 0.254 e. The summed E-state index contributed by atoms with van der Waals surface area (Å²) in [6.45, 7) is 8.17. The monoisotopic (exact) mass is 292 g/mol. The highest BCUT2D eigenvalue weighted by atomic mass is 32.2. The van der Waals surface area contributed by atoms with Crippen molar-refractivity contribution >= 4 is 23.4 Å². The van der Waals surface area contributed by atoms with E-state index in [9.17, 15) is 4.79 Å². The Morgan fingerprint density at radius 2 is 2.30 bits per heavy atom. The van der Waals surface area contributed by atoms with E-state index in [1.807, 2.05) is 34.9 Å². The number of nitrogens with one attached hydrogen (secondary N) is 1. The summed E-state index contributed by atoms with van der Waals surface area (Å²) in [6, 6.07) is 6.32. The molecular formula is C16H24N2OS. The molecule has 4 heteroatoms. The average Bonchev–Trinajstić information content (AvgIpc) is 2.46. The number of thioether (sulfide) groups is 1. The van der Waals surface area contributed by atoms with E-state index in [1.165, 1.54) is 0 Å². The van der Waals surface area contributed by atoms with E-state index in [-0.39, 0.29) is 5.91 Å². The van der Waals surface area contributed by atoms with Crippen molar-refractivity contribution in [3.8, 4) is 0 Å². The molecule has 2 rings (SSSR count). The molecule has 20 heavy (non-hydrogen) atoms. The SMILES string of the molecule is CCCNc1ccc(C(=O)N2CCSCC2C)cc1C. The summed E-state index contributed by atoms with van der Waals surface area (Å²) in [4.78, 5) is 14.6. The molecule has 0 aliphatic carbocycles. The van der Waals surface area contributed by atoms with Gasteiger partial charge in [0.25, 0.3) is 5.91 Å². The van der Waals surface area contributed by atoms with Crippen molar-refractivity contribution in [3.05, 3.63) is 29.3 Å². The van der Waals surface area contributed by atoms with E-state index in [0.29, 0.717) is 6.04 Å². The fourth-order valence-electron chi connectivity index (χ4n) is 2.45. The molecule has 1 aliphatic rings. The number of carbonyl (C=O) groups excluding carboxylic acids is 1. The van der Waals surface area contributed by atoms with Gasteiger partial charge in [-0.25, -0.2) is 0 Å². The molecule has 1 aliphatic heterocycles. The van der Waals surface area contributed by atoms with E-state index in [0.717, 1.165) is 47.8 Å². The minimum Gasteiger partial charge on any atom is -0.385 e. The van der Waals surface area contributed by atoms with Crippen LogP contribution in [-0.4, -0.2) is 41.4 Å². The number of hydrogen-bond acceptors (Lipinski definition) is 3. The van der Waals surface area contributed by atoms with E-state index in [4.69, 9.17) is 0 Å². The Morgan fingerprint density at radius 3 is 2.95 bits per heavy atom. The van der Waals surface area contributed by atoms with Gasteiger partial charge in [-0.3, -0.25) is 4.79 Å². The lowest BCUT2D eigenvalue weighted by Crippen LogP contribution is -2.44. The van der Waals surface area contributed by atoms with Crippen LogP contribution in [-0.2, 0) is 0 Å². The Bertz CT molecular complexity index is 476. The second kappa shape index (κ2) is 7.02. The van der Waals surface area contributed by atoms with Crippen molar-refractivity contribution in [1.82, 2.24) is 4.90 Å². The van der Waals surface area contributed by atoms with Gasteiger partial charge in [-0.05, 0) is 44.0 Å². The van der Waals surface area contributed by atoms with Gasteiger partial charge in [0.15, 0.2) is 0 Å². The molecule has 0 saturated carbocycles. The first-order valence-corrected chi connectivity index (χ1v) is 8.52. The number of rotatable bonds is 4. The average molecular weight is 292 g/mol. The summed E-state index contributed by atoms with van der Waals surface area (Å²) in [5, 5.41) is 3.39. The van der Waals surface area contributed by atoms with Crippen molar-refractivity contribution in [2.24, 2.45) is 0 Å². The topological polar surface area (TPSA) is 32.3 Å². The van der Waals surface area contributed by atoms with Gasteiger partial charge in [-0.2, -0.15) is 11.8 Å². The molecule has 1 aromatic rings. The Hall–Kier alpha value is -1.16. The maximum absolute atomic E-state index is 12.6. The van der Waals surface area contributed by atoms with Gasteiger partial charge in [0, 0.05) is 41.9 Å². The fourth-order valence-corrected chi connectivity index (χ4v) is 3.46.